The summed E-state index contributed by atoms with van der Waals surface area (Å²) >= 11 is 0. The number of rotatable bonds is 8. The van der Waals surface area contributed by atoms with Gasteiger partial charge in [0.2, 0.25) is 0 Å². The van der Waals surface area contributed by atoms with E-state index in [1.807, 2.05) is 30.3 Å². The van der Waals surface area contributed by atoms with Crippen LogP contribution in [0.5, 0.6) is 0 Å². The predicted molar refractivity (Wildman–Crippen MR) is 99.0 cm³/mol. The number of ether oxygens (including phenoxy) is 4. The van der Waals surface area contributed by atoms with Crippen molar-refractivity contribution in [3.63, 3.8) is 0 Å². The third-order valence-corrected chi connectivity index (χ3v) is 4.12. The molecule has 9 nitrogen and oxygen atoms in total. The summed E-state index contributed by atoms with van der Waals surface area (Å²) in [6.45, 7) is 6.33. The third-order valence-electron chi connectivity index (χ3n) is 4.12. The Hall–Kier alpha value is -2.87. The van der Waals surface area contributed by atoms with Crippen molar-refractivity contribution in [1.29, 1.82) is 0 Å². The molecule has 0 bridgehead atoms. The molecule has 1 aromatic rings. The lowest BCUT2D eigenvalue weighted by Crippen LogP contribution is -2.61. The molecule has 0 saturated carbocycles. The zero-order chi connectivity index (χ0) is 20.5. The molecule has 5 atom stereocenters. The van der Waals surface area contributed by atoms with Gasteiger partial charge in [-0.1, -0.05) is 41.5 Å². The topological polar surface area (TPSA) is 120 Å². The molecule has 0 spiro atoms. The second-order valence-corrected chi connectivity index (χ2v) is 6.20. The van der Waals surface area contributed by atoms with Gasteiger partial charge < -0.3 is 18.9 Å². The average molecular weight is 389 g/mol. The molecular weight excluding hydrogens is 366 g/mol. The zero-order valence-corrected chi connectivity index (χ0v) is 15.8. The van der Waals surface area contributed by atoms with Crippen LogP contribution in [-0.2, 0) is 35.1 Å². The number of nitrogens with zero attached hydrogens (tertiary/aromatic N) is 3. The third kappa shape index (κ3) is 5.82. The summed E-state index contributed by atoms with van der Waals surface area (Å²) in [4.78, 5) is 26.0. The van der Waals surface area contributed by atoms with Crippen molar-refractivity contribution in [1.82, 2.24) is 0 Å². The van der Waals surface area contributed by atoms with Crippen molar-refractivity contribution in [3.8, 4) is 0 Å². The van der Waals surface area contributed by atoms with Crippen molar-refractivity contribution in [3.05, 3.63) is 59.0 Å². The van der Waals surface area contributed by atoms with E-state index in [4.69, 9.17) is 24.5 Å². The van der Waals surface area contributed by atoms with Crippen LogP contribution in [0, 0.1) is 0 Å². The van der Waals surface area contributed by atoms with Crippen molar-refractivity contribution in [2.45, 2.75) is 51.0 Å². The highest BCUT2D eigenvalue weighted by atomic mass is 16.6. The number of azide groups is 1. The number of carbonyl (C=O) groups excluding carboxylic acids is 2. The van der Waals surface area contributed by atoms with Crippen LogP contribution in [0.2, 0.25) is 0 Å². The molecule has 2 rings (SSSR count). The Balaban J connectivity index is 2.34. The number of hydrogen-bond acceptors (Lipinski definition) is 7. The van der Waals surface area contributed by atoms with Crippen molar-refractivity contribution in [2.75, 3.05) is 6.54 Å². The highest BCUT2D eigenvalue weighted by Crippen LogP contribution is 2.30. The smallest absolute Gasteiger partial charge is 0.303 e. The first kappa shape index (κ1) is 21.4. The maximum absolute atomic E-state index is 11.7. The SMILES string of the molecule is C=C[C@@H]1O[C@H](CN=[N+]=[N-])[C@@H](OC(C)=O)[C@H](OCc2ccccc2)[C@H]1OC(C)=O. The number of esters is 2. The van der Waals surface area contributed by atoms with E-state index in [0.717, 1.165) is 5.56 Å². The summed E-state index contributed by atoms with van der Waals surface area (Å²) in [5.41, 5.74) is 9.54. The fourth-order valence-electron chi connectivity index (χ4n) is 3.01. The molecule has 0 amide bonds. The van der Waals surface area contributed by atoms with Gasteiger partial charge in [-0.25, -0.2) is 0 Å². The van der Waals surface area contributed by atoms with Gasteiger partial charge in [-0.15, -0.1) is 6.58 Å². The Morgan fingerprint density at radius 3 is 2.39 bits per heavy atom. The van der Waals surface area contributed by atoms with E-state index >= 15 is 0 Å². The molecule has 0 N–H and O–H groups in total. The monoisotopic (exact) mass is 389 g/mol. The van der Waals surface area contributed by atoms with Gasteiger partial charge in [0, 0.05) is 18.8 Å². The van der Waals surface area contributed by atoms with Crippen LogP contribution in [0.4, 0.5) is 0 Å². The number of carbonyl (C=O) groups is 2. The van der Waals surface area contributed by atoms with Gasteiger partial charge in [-0.3, -0.25) is 9.59 Å². The van der Waals surface area contributed by atoms with Gasteiger partial charge in [-0.2, -0.15) is 0 Å². The molecule has 0 aliphatic carbocycles. The molecule has 1 saturated heterocycles. The largest absolute Gasteiger partial charge is 0.457 e. The van der Waals surface area contributed by atoms with E-state index in [1.54, 1.807) is 0 Å². The van der Waals surface area contributed by atoms with E-state index in [1.165, 1.54) is 19.9 Å². The first-order valence-corrected chi connectivity index (χ1v) is 8.75. The minimum absolute atomic E-state index is 0.0865. The molecule has 1 fully saturated rings. The molecule has 0 radical (unpaired) electrons. The summed E-state index contributed by atoms with van der Waals surface area (Å²) in [5, 5.41) is 3.53. The lowest BCUT2D eigenvalue weighted by molar-refractivity contribution is -0.241. The summed E-state index contributed by atoms with van der Waals surface area (Å²) < 4.78 is 22.7. The fourth-order valence-corrected chi connectivity index (χ4v) is 3.01. The predicted octanol–water partition coefficient (Wildman–Crippen LogP) is 2.70. The highest BCUT2D eigenvalue weighted by Gasteiger charge is 2.49. The Morgan fingerprint density at radius 2 is 1.82 bits per heavy atom. The van der Waals surface area contributed by atoms with Crippen LogP contribution in [0.1, 0.15) is 19.4 Å². The number of benzene rings is 1. The fraction of sp³-hybridized carbons (Fsp3) is 0.474. The van der Waals surface area contributed by atoms with E-state index in [-0.39, 0.29) is 13.2 Å². The zero-order valence-electron chi connectivity index (χ0n) is 15.8. The maximum atomic E-state index is 11.7. The second kappa shape index (κ2) is 10.5. The van der Waals surface area contributed by atoms with E-state index in [0.29, 0.717) is 0 Å². The Kier molecular flexibility index (Phi) is 8.01. The summed E-state index contributed by atoms with van der Waals surface area (Å²) in [5.74, 6) is -1.10. The van der Waals surface area contributed by atoms with E-state index in [9.17, 15) is 9.59 Å². The lowest BCUT2D eigenvalue weighted by Gasteiger charge is -2.44. The first-order chi connectivity index (χ1) is 13.5. The molecular formula is C19H23N3O6. The molecule has 1 aliphatic heterocycles. The van der Waals surface area contributed by atoms with Gasteiger partial charge in [-0.05, 0) is 11.1 Å². The normalized spacial score (nSPS) is 26.6. The molecule has 0 aromatic heterocycles. The summed E-state index contributed by atoms with van der Waals surface area (Å²) in [6, 6.07) is 9.37. The van der Waals surface area contributed by atoms with Gasteiger partial charge in [0.25, 0.3) is 0 Å². The Morgan fingerprint density at radius 1 is 1.18 bits per heavy atom. The summed E-state index contributed by atoms with van der Waals surface area (Å²) in [6.07, 6.45) is -2.70. The molecule has 1 aromatic carbocycles. The van der Waals surface area contributed by atoms with E-state index in [2.05, 4.69) is 16.6 Å². The van der Waals surface area contributed by atoms with Crippen LogP contribution in [-0.4, -0.2) is 49.0 Å². The molecule has 0 unspecified atom stereocenters. The standard InChI is InChI=1S/C19H23N3O6/c1-4-15-17(26-12(2)23)19(25-11-14-8-6-5-7-9-14)18(27-13(3)24)16(28-15)10-21-22-20/h4-9,15-19H,1,10-11H2,2-3H3/t15-,16+,17-,18+,19+/m0/s1. The van der Waals surface area contributed by atoms with Crippen molar-refractivity contribution in [2.24, 2.45) is 5.11 Å². The van der Waals surface area contributed by atoms with Gasteiger partial charge >= 0.3 is 11.9 Å². The molecule has 9 heteroatoms. The van der Waals surface area contributed by atoms with Crippen LogP contribution >= 0.6 is 0 Å². The number of hydrogen-bond donors (Lipinski definition) is 0. The van der Waals surface area contributed by atoms with E-state index < -0.39 is 42.5 Å². The van der Waals surface area contributed by atoms with Crippen LogP contribution in [0.3, 0.4) is 0 Å². The molecule has 1 aliphatic rings. The molecule has 28 heavy (non-hydrogen) atoms. The minimum Gasteiger partial charge on any atom is -0.457 e. The van der Waals surface area contributed by atoms with Crippen molar-refractivity contribution < 1.29 is 28.5 Å². The maximum Gasteiger partial charge on any atom is 0.303 e. The Bertz CT molecular complexity index is 734. The van der Waals surface area contributed by atoms with Crippen LogP contribution < -0.4 is 0 Å². The average Bonchev–Trinajstić information content (AvgIpc) is 2.66. The lowest BCUT2D eigenvalue weighted by atomic mass is 9.94. The van der Waals surface area contributed by atoms with Gasteiger partial charge in [0.15, 0.2) is 12.2 Å². The van der Waals surface area contributed by atoms with Crippen molar-refractivity contribution >= 4 is 11.9 Å². The van der Waals surface area contributed by atoms with Crippen LogP contribution in [0.25, 0.3) is 10.4 Å². The second-order valence-electron chi connectivity index (χ2n) is 6.20. The summed E-state index contributed by atoms with van der Waals surface area (Å²) in [7, 11) is 0. The Labute approximate surface area is 162 Å². The first-order valence-electron chi connectivity index (χ1n) is 8.75. The molecule has 150 valence electrons. The highest BCUT2D eigenvalue weighted by molar-refractivity contribution is 5.67. The van der Waals surface area contributed by atoms with Gasteiger partial charge in [0.1, 0.15) is 18.3 Å². The molecule has 1 heterocycles. The minimum atomic E-state index is -0.938. The quantitative estimate of drug-likeness (QED) is 0.222. The van der Waals surface area contributed by atoms with Gasteiger partial charge in [0.05, 0.1) is 13.2 Å². The van der Waals surface area contributed by atoms with Crippen LogP contribution in [0.15, 0.2) is 48.1 Å².